The predicted octanol–water partition coefficient (Wildman–Crippen LogP) is 3.28. The first-order chi connectivity index (χ1) is 9.65. The molecule has 0 saturated carbocycles. The maximum absolute atomic E-state index is 4.75. The SMILES string of the molecule is Cc1nc(C(C)N2CCC(C3CCCN3)CC2)c(C)s1. The van der Waals surface area contributed by atoms with E-state index in [2.05, 4.69) is 31.0 Å². The average Bonchev–Trinajstić information content (AvgIpc) is 3.08. The summed E-state index contributed by atoms with van der Waals surface area (Å²) in [4.78, 5) is 8.78. The average molecular weight is 293 g/mol. The highest BCUT2D eigenvalue weighted by molar-refractivity contribution is 7.11. The zero-order valence-electron chi connectivity index (χ0n) is 13.0. The lowest BCUT2D eigenvalue weighted by atomic mass is 9.88. The highest BCUT2D eigenvalue weighted by Crippen LogP contribution is 2.32. The fourth-order valence-electron chi connectivity index (χ4n) is 3.93. The minimum Gasteiger partial charge on any atom is -0.314 e. The molecule has 3 heterocycles. The molecule has 3 rings (SSSR count). The molecule has 2 unspecified atom stereocenters. The number of aryl methyl sites for hydroxylation is 2. The fraction of sp³-hybridized carbons (Fsp3) is 0.812. The van der Waals surface area contributed by atoms with Gasteiger partial charge < -0.3 is 5.32 Å². The number of likely N-dealkylation sites (tertiary alicyclic amines) is 1. The van der Waals surface area contributed by atoms with Gasteiger partial charge in [0.1, 0.15) is 0 Å². The summed E-state index contributed by atoms with van der Waals surface area (Å²) < 4.78 is 0. The van der Waals surface area contributed by atoms with Gasteiger partial charge >= 0.3 is 0 Å². The molecule has 1 aromatic rings. The second-order valence-corrected chi connectivity index (χ2v) is 7.83. The van der Waals surface area contributed by atoms with Crippen LogP contribution in [0.25, 0.3) is 0 Å². The van der Waals surface area contributed by atoms with Crippen LogP contribution in [-0.2, 0) is 0 Å². The quantitative estimate of drug-likeness (QED) is 0.927. The third kappa shape index (κ3) is 2.92. The van der Waals surface area contributed by atoms with Gasteiger partial charge in [0, 0.05) is 10.9 Å². The molecule has 0 bridgehead atoms. The third-order valence-corrected chi connectivity index (χ3v) is 6.03. The van der Waals surface area contributed by atoms with E-state index in [9.17, 15) is 0 Å². The minimum absolute atomic E-state index is 0.484. The molecule has 0 aliphatic carbocycles. The summed E-state index contributed by atoms with van der Waals surface area (Å²) in [7, 11) is 0. The molecule has 1 N–H and O–H groups in total. The monoisotopic (exact) mass is 293 g/mol. The number of aromatic nitrogens is 1. The Kier molecular flexibility index (Phi) is 4.43. The second-order valence-electron chi connectivity index (χ2n) is 6.43. The van der Waals surface area contributed by atoms with Gasteiger partial charge in [-0.25, -0.2) is 4.98 Å². The molecule has 112 valence electrons. The molecule has 2 aliphatic heterocycles. The zero-order valence-corrected chi connectivity index (χ0v) is 13.8. The summed E-state index contributed by atoms with van der Waals surface area (Å²) in [6.45, 7) is 10.4. The molecule has 0 amide bonds. The summed E-state index contributed by atoms with van der Waals surface area (Å²) in [6, 6.07) is 1.29. The van der Waals surface area contributed by atoms with Gasteiger partial charge in [-0.05, 0) is 72.0 Å². The summed E-state index contributed by atoms with van der Waals surface area (Å²) in [5.74, 6) is 0.902. The van der Waals surface area contributed by atoms with Crippen LogP contribution in [0.2, 0.25) is 0 Å². The maximum atomic E-state index is 4.75. The Balaban J connectivity index is 1.58. The van der Waals surface area contributed by atoms with Crippen molar-refractivity contribution in [2.24, 2.45) is 5.92 Å². The van der Waals surface area contributed by atoms with Crippen molar-refractivity contribution in [1.82, 2.24) is 15.2 Å². The molecular weight excluding hydrogens is 266 g/mol. The van der Waals surface area contributed by atoms with Gasteiger partial charge in [0.2, 0.25) is 0 Å². The third-order valence-electron chi connectivity index (χ3n) is 5.12. The fourth-order valence-corrected chi connectivity index (χ4v) is 4.84. The van der Waals surface area contributed by atoms with E-state index in [-0.39, 0.29) is 0 Å². The van der Waals surface area contributed by atoms with E-state index < -0.39 is 0 Å². The van der Waals surface area contributed by atoms with Crippen molar-refractivity contribution in [1.29, 1.82) is 0 Å². The first kappa shape index (κ1) is 14.5. The number of piperidine rings is 1. The van der Waals surface area contributed by atoms with Crippen LogP contribution in [0.4, 0.5) is 0 Å². The van der Waals surface area contributed by atoms with E-state index in [1.807, 2.05) is 11.3 Å². The van der Waals surface area contributed by atoms with Crippen molar-refractivity contribution in [2.75, 3.05) is 19.6 Å². The highest BCUT2D eigenvalue weighted by Gasteiger charge is 2.30. The van der Waals surface area contributed by atoms with Gasteiger partial charge in [0.25, 0.3) is 0 Å². The van der Waals surface area contributed by atoms with Crippen LogP contribution in [-0.4, -0.2) is 35.6 Å². The van der Waals surface area contributed by atoms with E-state index >= 15 is 0 Å². The van der Waals surface area contributed by atoms with E-state index in [1.54, 1.807) is 0 Å². The van der Waals surface area contributed by atoms with Gasteiger partial charge in [-0.15, -0.1) is 11.3 Å². The highest BCUT2D eigenvalue weighted by atomic mass is 32.1. The van der Waals surface area contributed by atoms with Crippen molar-refractivity contribution >= 4 is 11.3 Å². The number of hydrogen-bond acceptors (Lipinski definition) is 4. The normalized spacial score (nSPS) is 27.1. The van der Waals surface area contributed by atoms with Gasteiger partial charge in [0.15, 0.2) is 0 Å². The lowest BCUT2D eigenvalue weighted by molar-refractivity contribution is 0.124. The minimum atomic E-state index is 0.484. The standard InChI is InChI=1S/C16H27N3S/c1-11(16-12(2)20-13(3)18-16)19-9-6-14(7-10-19)15-5-4-8-17-15/h11,14-15,17H,4-10H2,1-3H3. The first-order valence-electron chi connectivity index (χ1n) is 8.06. The molecule has 4 heteroatoms. The summed E-state index contributed by atoms with van der Waals surface area (Å²) in [5, 5.41) is 4.89. The van der Waals surface area contributed by atoms with Gasteiger partial charge in [0.05, 0.1) is 16.7 Å². The summed E-state index contributed by atoms with van der Waals surface area (Å²) in [6.07, 6.45) is 5.47. The van der Waals surface area contributed by atoms with Crippen LogP contribution in [0.5, 0.6) is 0 Å². The molecule has 0 aromatic carbocycles. The van der Waals surface area contributed by atoms with Gasteiger partial charge in [-0.3, -0.25) is 4.90 Å². The largest absolute Gasteiger partial charge is 0.314 e. The van der Waals surface area contributed by atoms with E-state index in [0.717, 1.165) is 12.0 Å². The lowest BCUT2D eigenvalue weighted by Gasteiger charge is -2.37. The van der Waals surface area contributed by atoms with Crippen LogP contribution < -0.4 is 5.32 Å². The molecule has 1 aromatic heterocycles. The Bertz CT molecular complexity index is 443. The second kappa shape index (κ2) is 6.12. The number of nitrogens with one attached hydrogen (secondary N) is 1. The smallest absolute Gasteiger partial charge is 0.0900 e. The molecular formula is C16H27N3S. The van der Waals surface area contributed by atoms with E-state index in [1.165, 1.54) is 60.9 Å². The Hall–Kier alpha value is -0.450. The van der Waals surface area contributed by atoms with Crippen LogP contribution in [0, 0.1) is 19.8 Å². The van der Waals surface area contributed by atoms with Crippen LogP contribution in [0.1, 0.15) is 54.2 Å². The Morgan fingerprint density at radius 1 is 1.25 bits per heavy atom. The van der Waals surface area contributed by atoms with Gasteiger partial charge in [-0.1, -0.05) is 0 Å². The number of rotatable bonds is 3. The molecule has 0 spiro atoms. The molecule has 0 radical (unpaired) electrons. The van der Waals surface area contributed by atoms with E-state index in [4.69, 9.17) is 4.98 Å². The Labute approximate surface area is 126 Å². The van der Waals surface area contributed by atoms with Crippen molar-refractivity contribution in [2.45, 2.75) is 58.5 Å². The number of nitrogens with zero attached hydrogens (tertiary/aromatic N) is 2. The number of hydrogen-bond donors (Lipinski definition) is 1. The van der Waals surface area contributed by atoms with E-state index in [0.29, 0.717) is 6.04 Å². The summed E-state index contributed by atoms with van der Waals surface area (Å²) in [5.41, 5.74) is 1.31. The number of thiazole rings is 1. The molecule has 20 heavy (non-hydrogen) atoms. The first-order valence-corrected chi connectivity index (χ1v) is 8.88. The zero-order chi connectivity index (χ0) is 14.1. The van der Waals surface area contributed by atoms with Crippen molar-refractivity contribution in [3.63, 3.8) is 0 Å². The van der Waals surface area contributed by atoms with Crippen molar-refractivity contribution in [3.05, 3.63) is 15.6 Å². The molecule has 2 saturated heterocycles. The van der Waals surface area contributed by atoms with Crippen molar-refractivity contribution in [3.8, 4) is 0 Å². The van der Waals surface area contributed by atoms with Gasteiger partial charge in [-0.2, -0.15) is 0 Å². The lowest BCUT2D eigenvalue weighted by Crippen LogP contribution is -2.41. The van der Waals surface area contributed by atoms with Crippen molar-refractivity contribution < 1.29 is 0 Å². The molecule has 2 fully saturated rings. The summed E-state index contributed by atoms with van der Waals surface area (Å²) >= 11 is 1.83. The molecule has 2 aliphatic rings. The Morgan fingerprint density at radius 2 is 2.00 bits per heavy atom. The Morgan fingerprint density at radius 3 is 2.55 bits per heavy atom. The molecule has 2 atom stereocenters. The predicted molar refractivity (Wildman–Crippen MR) is 85.3 cm³/mol. The van der Waals surface area contributed by atoms with Crippen LogP contribution in [0.15, 0.2) is 0 Å². The van der Waals surface area contributed by atoms with Crippen LogP contribution in [0.3, 0.4) is 0 Å². The van der Waals surface area contributed by atoms with Crippen LogP contribution >= 0.6 is 11.3 Å². The molecule has 3 nitrogen and oxygen atoms in total. The maximum Gasteiger partial charge on any atom is 0.0900 e. The topological polar surface area (TPSA) is 28.2 Å².